The van der Waals surface area contributed by atoms with Gasteiger partial charge in [-0.15, -0.1) is 24.0 Å². The molecule has 0 aromatic carbocycles. The predicted octanol–water partition coefficient (Wildman–Crippen LogP) is 2.07. The SMILES string of the molecule is CN=C(NCc1ccnc(N(C)C)c1)NC1CCN(CC(F)(F)F)C1.I. The van der Waals surface area contributed by atoms with Crippen LogP contribution in [0.2, 0.25) is 0 Å². The van der Waals surface area contributed by atoms with E-state index in [-0.39, 0.29) is 30.0 Å². The fourth-order valence-corrected chi connectivity index (χ4v) is 2.74. The van der Waals surface area contributed by atoms with E-state index in [0.717, 1.165) is 11.4 Å². The summed E-state index contributed by atoms with van der Waals surface area (Å²) >= 11 is 0. The maximum absolute atomic E-state index is 12.5. The van der Waals surface area contributed by atoms with Gasteiger partial charge in [-0.3, -0.25) is 9.89 Å². The number of guanidine groups is 1. The van der Waals surface area contributed by atoms with Crippen molar-refractivity contribution in [3.05, 3.63) is 23.9 Å². The van der Waals surface area contributed by atoms with Gasteiger partial charge in [0.1, 0.15) is 5.82 Å². The number of alkyl halides is 3. The van der Waals surface area contributed by atoms with Gasteiger partial charge < -0.3 is 15.5 Å². The van der Waals surface area contributed by atoms with Crippen molar-refractivity contribution in [3.63, 3.8) is 0 Å². The lowest BCUT2D eigenvalue weighted by Gasteiger charge is -2.20. The molecule has 0 spiro atoms. The summed E-state index contributed by atoms with van der Waals surface area (Å²) < 4.78 is 37.4. The molecule has 0 aliphatic carbocycles. The molecule has 2 N–H and O–H groups in total. The number of nitrogens with zero attached hydrogens (tertiary/aromatic N) is 4. The normalized spacial score (nSPS) is 18.4. The second-order valence-electron chi connectivity index (χ2n) is 6.32. The number of hydrogen-bond donors (Lipinski definition) is 2. The van der Waals surface area contributed by atoms with Crippen LogP contribution < -0.4 is 15.5 Å². The highest BCUT2D eigenvalue weighted by molar-refractivity contribution is 14.0. The van der Waals surface area contributed by atoms with E-state index in [1.54, 1.807) is 13.2 Å². The van der Waals surface area contributed by atoms with Gasteiger partial charge in [0.15, 0.2) is 5.96 Å². The number of nitrogens with one attached hydrogen (secondary N) is 2. The van der Waals surface area contributed by atoms with Crippen molar-refractivity contribution < 1.29 is 13.2 Å². The van der Waals surface area contributed by atoms with E-state index in [2.05, 4.69) is 20.6 Å². The standard InChI is InChI=1S/C16H25F3N6.HI/c1-20-15(22-9-12-4-6-21-14(8-12)24(2)3)23-13-5-7-25(10-13)11-16(17,18)19;/h4,6,8,13H,5,7,9-11H2,1-3H3,(H2,20,22,23);1H. The van der Waals surface area contributed by atoms with Gasteiger partial charge in [-0.05, 0) is 24.1 Å². The molecule has 1 saturated heterocycles. The molecule has 1 aromatic heterocycles. The number of likely N-dealkylation sites (tertiary alicyclic amines) is 1. The van der Waals surface area contributed by atoms with Gasteiger partial charge in [0.2, 0.25) is 0 Å². The van der Waals surface area contributed by atoms with E-state index in [9.17, 15) is 13.2 Å². The number of aromatic nitrogens is 1. The van der Waals surface area contributed by atoms with Crippen LogP contribution in [0.5, 0.6) is 0 Å². The van der Waals surface area contributed by atoms with E-state index >= 15 is 0 Å². The zero-order valence-electron chi connectivity index (χ0n) is 15.2. The monoisotopic (exact) mass is 486 g/mol. The largest absolute Gasteiger partial charge is 0.401 e. The van der Waals surface area contributed by atoms with Crippen molar-refractivity contribution >= 4 is 35.8 Å². The van der Waals surface area contributed by atoms with Crippen molar-refractivity contribution in [2.45, 2.75) is 25.2 Å². The molecule has 6 nitrogen and oxygen atoms in total. The molecular formula is C16H26F3IN6. The average molecular weight is 486 g/mol. The van der Waals surface area contributed by atoms with Gasteiger partial charge in [-0.2, -0.15) is 13.2 Å². The summed E-state index contributed by atoms with van der Waals surface area (Å²) in [7, 11) is 5.50. The predicted molar refractivity (Wildman–Crippen MR) is 108 cm³/mol. The van der Waals surface area contributed by atoms with Crippen LogP contribution in [0, 0.1) is 0 Å². The lowest BCUT2D eigenvalue weighted by molar-refractivity contribution is -0.143. The maximum Gasteiger partial charge on any atom is 0.401 e. The van der Waals surface area contributed by atoms with Crippen LogP contribution in [0.15, 0.2) is 23.3 Å². The molecule has 1 aliphatic rings. The molecule has 148 valence electrons. The van der Waals surface area contributed by atoms with Crippen LogP contribution >= 0.6 is 24.0 Å². The van der Waals surface area contributed by atoms with Gasteiger partial charge in [0.25, 0.3) is 0 Å². The summed E-state index contributed by atoms with van der Waals surface area (Å²) in [6, 6.07) is 3.85. The molecule has 1 fully saturated rings. The summed E-state index contributed by atoms with van der Waals surface area (Å²) in [5, 5.41) is 6.39. The van der Waals surface area contributed by atoms with Crippen LogP contribution in [0.3, 0.4) is 0 Å². The van der Waals surface area contributed by atoms with E-state index in [1.165, 1.54) is 4.90 Å². The molecule has 0 saturated carbocycles. The van der Waals surface area contributed by atoms with Crippen molar-refractivity contribution in [2.24, 2.45) is 4.99 Å². The number of rotatable bonds is 5. The number of aliphatic imine (C=N–C) groups is 1. The molecule has 1 aliphatic heterocycles. The van der Waals surface area contributed by atoms with Gasteiger partial charge in [-0.1, -0.05) is 0 Å². The Kier molecular flexibility index (Phi) is 8.87. The molecule has 0 radical (unpaired) electrons. The molecule has 1 unspecified atom stereocenters. The summed E-state index contributed by atoms with van der Waals surface area (Å²) in [5.41, 5.74) is 1.05. The van der Waals surface area contributed by atoms with Gasteiger partial charge in [0.05, 0.1) is 6.54 Å². The minimum Gasteiger partial charge on any atom is -0.363 e. The maximum atomic E-state index is 12.5. The van der Waals surface area contributed by atoms with Crippen molar-refractivity contribution in [2.75, 3.05) is 45.7 Å². The van der Waals surface area contributed by atoms with Crippen LogP contribution in [0.4, 0.5) is 19.0 Å². The van der Waals surface area contributed by atoms with Crippen molar-refractivity contribution in [1.82, 2.24) is 20.5 Å². The van der Waals surface area contributed by atoms with Crippen molar-refractivity contribution in [3.8, 4) is 0 Å². The molecule has 0 amide bonds. The Morgan fingerprint density at radius 2 is 2.15 bits per heavy atom. The number of hydrogen-bond acceptors (Lipinski definition) is 4. The fraction of sp³-hybridized carbons (Fsp3) is 0.625. The summed E-state index contributed by atoms with van der Waals surface area (Å²) in [5.74, 6) is 1.45. The average Bonchev–Trinajstić information content (AvgIpc) is 2.96. The fourth-order valence-electron chi connectivity index (χ4n) is 2.74. The van der Waals surface area contributed by atoms with Crippen LogP contribution in [-0.2, 0) is 6.54 Å². The highest BCUT2D eigenvalue weighted by Crippen LogP contribution is 2.19. The Labute approximate surface area is 169 Å². The molecular weight excluding hydrogens is 460 g/mol. The first-order valence-corrected chi connectivity index (χ1v) is 8.15. The molecule has 1 atom stereocenters. The Morgan fingerprint density at radius 1 is 1.42 bits per heavy atom. The molecule has 26 heavy (non-hydrogen) atoms. The second-order valence-corrected chi connectivity index (χ2v) is 6.32. The van der Waals surface area contributed by atoms with Crippen LogP contribution in [-0.4, -0.2) is 68.8 Å². The van der Waals surface area contributed by atoms with E-state index < -0.39 is 12.7 Å². The first-order chi connectivity index (χ1) is 11.8. The highest BCUT2D eigenvalue weighted by Gasteiger charge is 2.34. The molecule has 1 aromatic rings. The van der Waals surface area contributed by atoms with E-state index in [4.69, 9.17) is 0 Å². The molecule has 0 bridgehead atoms. The minimum absolute atomic E-state index is 0. The quantitative estimate of drug-likeness (QED) is 0.380. The minimum atomic E-state index is -4.15. The lowest BCUT2D eigenvalue weighted by atomic mass is 10.2. The molecule has 2 heterocycles. The summed E-state index contributed by atoms with van der Waals surface area (Å²) in [4.78, 5) is 11.7. The number of pyridine rings is 1. The smallest absolute Gasteiger partial charge is 0.363 e. The van der Waals surface area contributed by atoms with Gasteiger partial charge >= 0.3 is 6.18 Å². The van der Waals surface area contributed by atoms with Gasteiger partial charge in [-0.25, -0.2) is 4.98 Å². The van der Waals surface area contributed by atoms with Crippen LogP contribution in [0.25, 0.3) is 0 Å². The van der Waals surface area contributed by atoms with Gasteiger partial charge in [0, 0.05) is 53.0 Å². The zero-order chi connectivity index (χ0) is 18.4. The Bertz CT molecular complexity index is 594. The third-order valence-corrected chi connectivity index (χ3v) is 3.97. The summed E-state index contributed by atoms with van der Waals surface area (Å²) in [6.45, 7) is 0.495. The lowest BCUT2D eigenvalue weighted by Crippen LogP contribution is -2.44. The zero-order valence-corrected chi connectivity index (χ0v) is 17.5. The van der Waals surface area contributed by atoms with Crippen LogP contribution in [0.1, 0.15) is 12.0 Å². The Morgan fingerprint density at radius 3 is 2.77 bits per heavy atom. The summed E-state index contributed by atoms with van der Waals surface area (Å²) in [6.07, 6.45) is -1.74. The third-order valence-electron chi connectivity index (χ3n) is 3.97. The second kappa shape index (κ2) is 10.1. The molecule has 2 rings (SSSR count). The van der Waals surface area contributed by atoms with E-state index in [0.29, 0.717) is 32.0 Å². The highest BCUT2D eigenvalue weighted by atomic mass is 127. The van der Waals surface area contributed by atoms with Crippen molar-refractivity contribution in [1.29, 1.82) is 0 Å². The Hall–Kier alpha value is -1.30. The first-order valence-electron chi connectivity index (χ1n) is 8.15. The van der Waals surface area contributed by atoms with E-state index in [1.807, 2.05) is 31.1 Å². The molecule has 10 heteroatoms. The topological polar surface area (TPSA) is 55.8 Å². The number of halogens is 4. The Balaban J connectivity index is 0.00000338. The number of anilines is 1. The third kappa shape index (κ3) is 7.52. The first kappa shape index (κ1) is 22.7.